The molecule has 1 aliphatic carbocycles. The van der Waals surface area contributed by atoms with Crippen LogP contribution in [0.2, 0.25) is 0 Å². The van der Waals surface area contributed by atoms with E-state index in [0.29, 0.717) is 12.0 Å². The molecule has 1 amide bonds. The Bertz CT molecular complexity index is 535. The minimum atomic E-state index is 0.0254. The molecule has 1 aromatic rings. The van der Waals surface area contributed by atoms with E-state index in [1.54, 1.807) is 0 Å². The molecule has 0 atom stereocenters. The lowest BCUT2D eigenvalue weighted by atomic mass is 9.66. The van der Waals surface area contributed by atoms with E-state index >= 15 is 0 Å². The van der Waals surface area contributed by atoms with Crippen LogP contribution >= 0.6 is 0 Å². The van der Waals surface area contributed by atoms with E-state index in [1.807, 2.05) is 23.6 Å². The van der Waals surface area contributed by atoms with Gasteiger partial charge in [-0.1, -0.05) is 19.9 Å². The van der Waals surface area contributed by atoms with E-state index in [4.69, 9.17) is 0 Å². The maximum Gasteiger partial charge on any atom is 0.246 e. The fraction of sp³-hybridized carbons (Fsp3) is 0.647. The number of carbonyl (C=O) groups is 1. The van der Waals surface area contributed by atoms with Gasteiger partial charge in [-0.3, -0.25) is 9.48 Å². The molecule has 21 heavy (non-hydrogen) atoms. The molecule has 1 aliphatic rings. The molecule has 1 aromatic heterocycles. The van der Waals surface area contributed by atoms with Crippen molar-refractivity contribution in [2.45, 2.75) is 53.0 Å². The number of aryl methyl sites for hydroxylation is 2. The summed E-state index contributed by atoms with van der Waals surface area (Å²) in [7, 11) is 1.95. The Morgan fingerprint density at radius 2 is 2.14 bits per heavy atom. The van der Waals surface area contributed by atoms with Crippen LogP contribution in [0.1, 0.15) is 49.6 Å². The summed E-state index contributed by atoms with van der Waals surface area (Å²) in [5.74, 6) is 0.0254. The highest BCUT2D eigenvalue weighted by molar-refractivity contribution is 5.87. The molecule has 1 saturated carbocycles. The lowest BCUT2D eigenvalue weighted by Crippen LogP contribution is -2.43. The molecule has 0 aliphatic heterocycles. The molecule has 1 heterocycles. The molecule has 0 bridgehead atoms. The number of amides is 1. The van der Waals surface area contributed by atoms with Crippen LogP contribution in [0.3, 0.4) is 0 Å². The second kappa shape index (κ2) is 6.04. The van der Waals surface area contributed by atoms with Crippen molar-refractivity contribution in [1.82, 2.24) is 14.7 Å². The molecule has 0 spiro atoms. The van der Waals surface area contributed by atoms with Gasteiger partial charge < -0.3 is 4.90 Å². The minimum absolute atomic E-state index is 0.0254. The third-order valence-corrected chi connectivity index (χ3v) is 5.18. The fourth-order valence-corrected chi connectivity index (χ4v) is 3.28. The number of rotatable bonds is 6. The van der Waals surface area contributed by atoms with Crippen molar-refractivity contribution in [2.75, 3.05) is 6.54 Å². The largest absolute Gasteiger partial charge is 0.334 e. The first-order valence-corrected chi connectivity index (χ1v) is 7.83. The number of hydrogen-bond donors (Lipinski definition) is 0. The van der Waals surface area contributed by atoms with Crippen LogP contribution in [0.5, 0.6) is 0 Å². The molecule has 0 radical (unpaired) electrons. The van der Waals surface area contributed by atoms with Crippen LogP contribution < -0.4 is 0 Å². The molecule has 0 unspecified atom stereocenters. The van der Waals surface area contributed by atoms with Crippen molar-refractivity contribution >= 4 is 5.91 Å². The van der Waals surface area contributed by atoms with E-state index < -0.39 is 0 Å². The van der Waals surface area contributed by atoms with Crippen molar-refractivity contribution in [2.24, 2.45) is 12.5 Å². The van der Waals surface area contributed by atoms with Crippen LogP contribution in [-0.4, -0.2) is 27.1 Å². The quantitative estimate of drug-likeness (QED) is 0.755. The van der Waals surface area contributed by atoms with Crippen molar-refractivity contribution in [1.29, 1.82) is 0 Å². The summed E-state index contributed by atoms with van der Waals surface area (Å²) in [4.78, 5) is 14.2. The standard InChI is InChI=1S/C17H27N3O/c1-6-16(21)20(12-17(7-2)9-8-10-17)11-15-13(3)18-19(5)14(15)4/h6H,1,7-12H2,2-5H3. The molecule has 0 N–H and O–H groups in total. The predicted molar refractivity (Wildman–Crippen MR) is 84.9 cm³/mol. The van der Waals surface area contributed by atoms with Gasteiger partial charge in [0.05, 0.1) is 5.69 Å². The lowest BCUT2D eigenvalue weighted by molar-refractivity contribution is -0.129. The van der Waals surface area contributed by atoms with Gasteiger partial charge in [0, 0.05) is 31.4 Å². The van der Waals surface area contributed by atoms with Crippen molar-refractivity contribution in [3.05, 3.63) is 29.6 Å². The van der Waals surface area contributed by atoms with Gasteiger partial charge >= 0.3 is 0 Å². The Balaban J connectivity index is 2.20. The summed E-state index contributed by atoms with van der Waals surface area (Å²) in [5.41, 5.74) is 3.63. The van der Waals surface area contributed by atoms with Crippen molar-refractivity contribution in [3.63, 3.8) is 0 Å². The molecule has 4 heteroatoms. The summed E-state index contributed by atoms with van der Waals surface area (Å²) in [6.45, 7) is 11.4. The van der Waals surface area contributed by atoms with E-state index in [-0.39, 0.29) is 5.91 Å². The molecule has 2 rings (SSSR count). The molecule has 1 fully saturated rings. The molecule has 0 saturated heterocycles. The lowest BCUT2D eigenvalue weighted by Gasteiger charge is -2.44. The Morgan fingerprint density at radius 1 is 1.48 bits per heavy atom. The Hall–Kier alpha value is -1.58. The first-order valence-electron chi connectivity index (χ1n) is 7.83. The SMILES string of the molecule is C=CC(=O)N(Cc1c(C)nn(C)c1C)CC1(CC)CCC1. The smallest absolute Gasteiger partial charge is 0.246 e. The highest BCUT2D eigenvalue weighted by Crippen LogP contribution is 2.44. The maximum absolute atomic E-state index is 12.3. The van der Waals surface area contributed by atoms with E-state index in [1.165, 1.54) is 30.9 Å². The van der Waals surface area contributed by atoms with E-state index in [9.17, 15) is 4.79 Å². The Kier molecular flexibility index (Phi) is 4.55. The van der Waals surface area contributed by atoms with Crippen LogP contribution in [-0.2, 0) is 18.4 Å². The van der Waals surface area contributed by atoms with E-state index in [0.717, 1.165) is 24.4 Å². The van der Waals surface area contributed by atoms with Gasteiger partial charge in [0.15, 0.2) is 0 Å². The summed E-state index contributed by atoms with van der Waals surface area (Å²) in [6.07, 6.45) is 6.32. The summed E-state index contributed by atoms with van der Waals surface area (Å²) in [5, 5.41) is 4.45. The van der Waals surface area contributed by atoms with Crippen LogP contribution in [0.25, 0.3) is 0 Å². The first kappa shape index (κ1) is 15.8. The summed E-state index contributed by atoms with van der Waals surface area (Å²) >= 11 is 0. The van der Waals surface area contributed by atoms with Gasteiger partial charge in [-0.15, -0.1) is 0 Å². The van der Waals surface area contributed by atoms with Crippen LogP contribution in [0, 0.1) is 19.3 Å². The topological polar surface area (TPSA) is 38.1 Å². The summed E-state index contributed by atoms with van der Waals surface area (Å²) in [6, 6.07) is 0. The highest BCUT2D eigenvalue weighted by atomic mass is 16.2. The Labute approximate surface area is 127 Å². The minimum Gasteiger partial charge on any atom is -0.334 e. The molecule has 4 nitrogen and oxygen atoms in total. The predicted octanol–water partition coefficient (Wildman–Crippen LogP) is 3.13. The van der Waals surface area contributed by atoms with Crippen molar-refractivity contribution in [3.8, 4) is 0 Å². The third kappa shape index (κ3) is 3.04. The number of carbonyl (C=O) groups excluding carboxylic acids is 1. The van der Waals surface area contributed by atoms with Gasteiger partial charge in [-0.05, 0) is 44.6 Å². The van der Waals surface area contributed by atoms with Crippen LogP contribution in [0.4, 0.5) is 0 Å². The second-order valence-corrected chi connectivity index (χ2v) is 6.38. The van der Waals surface area contributed by atoms with Gasteiger partial charge in [-0.25, -0.2) is 0 Å². The molecular formula is C17H27N3O. The normalized spacial score (nSPS) is 16.4. The monoisotopic (exact) mass is 289 g/mol. The zero-order chi connectivity index (χ0) is 15.6. The van der Waals surface area contributed by atoms with Gasteiger partial charge in [0.2, 0.25) is 5.91 Å². The first-order chi connectivity index (χ1) is 9.92. The Morgan fingerprint density at radius 3 is 2.52 bits per heavy atom. The summed E-state index contributed by atoms with van der Waals surface area (Å²) < 4.78 is 1.89. The third-order valence-electron chi connectivity index (χ3n) is 5.18. The number of aromatic nitrogens is 2. The van der Waals surface area contributed by atoms with Gasteiger partial charge in [0.25, 0.3) is 0 Å². The average molecular weight is 289 g/mol. The van der Waals surface area contributed by atoms with Gasteiger partial charge in [-0.2, -0.15) is 5.10 Å². The fourth-order valence-electron chi connectivity index (χ4n) is 3.28. The van der Waals surface area contributed by atoms with Crippen molar-refractivity contribution < 1.29 is 4.79 Å². The average Bonchev–Trinajstić information content (AvgIpc) is 2.66. The van der Waals surface area contributed by atoms with E-state index in [2.05, 4.69) is 25.5 Å². The zero-order valence-corrected chi connectivity index (χ0v) is 13.8. The zero-order valence-electron chi connectivity index (χ0n) is 13.8. The van der Waals surface area contributed by atoms with Gasteiger partial charge in [0.1, 0.15) is 0 Å². The number of nitrogens with zero attached hydrogens (tertiary/aromatic N) is 3. The number of hydrogen-bond acceptors (Lipinski definition) is 2. The molecular weight excluding hydrogens is 262 g/mol. The molecule has 116 valence electrons. The maximum atomic E-state index is 12.3. The second-order valence-electron chi connectivity index (χ2n) is 6.38. The molecule has 0 aromatic carbocycles. The van der Waals surface area contributed by atoms with Crippen LogP contribution in [0.15, 0.2) is 12.7 Å². The highest BCUT2D eigenvalue weighted by Gasteiger charge is 2.37.